The maximum absolute atomic E-state index is 14.9. The molecule has 0 nitrogen and oxygen atoms in total. The molecule has 0 aromatic heterocycles. The fourth-order valence-corrected chi connectivity index (χ4v) is 16.8. The van der Waals surface area contributed by atoms with E-state index in [1.54, 1.807) is 0 Å². The molecule has 0 amide bonds. The Morgan fingerprint density at radius 3 is 0.748 bits per heavy atom. The summed E-state index contributed by atoms with van der Waals surface area (Å²) in [6.45, 7) is 49.3. The number of hydrogen-bond donors (Lipinski definition) is 0. The summed E-state index contributed by atoms with van der Waals surface area (Å²) in [5.74, 6) is -16.3. The monoisotopic (exact) mass is 1610 g/mol. The van der Waals surface area contributed by atoms with Crippen molar-refractivity contribution in [3.63, 3.8) is 0 Å². The molecule has 9 heteroatoms. The molecule has 0 spiro atoms. The summed E-state index contributed by atoms with van der Waals surface area (Å²) >= 11 is 0. The fourth-order valence-electron chi connectivity index (χ4n) is 16.8. The minimum Gasteiger partial charge on any atom is -0.206 e. The molecule has 0 bridgehead atoms. The van der Waals surface area contributed by atoms with Crippen molar-refractivity contribution in [2.45, 2.75) is 212 Å². The predicted octanol–water partition coefficient (Wildman–Crippen LogP) is 34.2. The molecule has 620 valence electrons. The Kier molecular flexibility index (Phi) is 29.2. The van der Waals surface area contributed by atoms with Crippen LogP contribution in [0.25, 0.3) is 100 Å². The Balaban J connectivity index is 0.000000182. The van der Waals surface area contributed by atoms with E-state index in [9.17, 15) is 39.5 Å². The SMILES string of the molecule is C.CC(C)c1cccc(C(C)C)c1-c1cccc(-c2c(C(C)C)cccc2C(C)C)c1C(C)(C)C.Cc1c(-c2ccccc2)cc(-c2ccccc2)c(-c2ccccc2)c1C(C)(C)C.Cc1c(F)c(F)c(F)c(-c2cccc(-c3c(F)c(F)c(F)c(F)c3F)c2C(C)(C)C)c1F.Cc1cc(-c2ccccc2)c(C(C)(C)C)c(-c2ccccc2)c1. The summed E-state index contributed by atoms with van der Waals surface area (Å²) in [4.78, 5) is 0. The highest BCUT2D eigenvalue weighted by molar-refractivity contribution is 5.93. The van der Waals surface area contributed by atoms with E-state index in [4.69, 9.17) is 0 Å². The van der Waals surface area contributed by atoms with E-state index >= 15 is 0 Å². The van der Waals surface area contributed by atoms with Gasteiger partial charge in [-0.1, -0.05) is 382 Å². The molecule has 0 fully saturated rings. The zero-order chi connectivity index (χ0) is 86.5. The second kappa shape index (κ2) is 37.7. The lowest BCUT2D eigenvalue weighted by Gasteiger charge is -2.32. The average molecular weight is 1610 g/mol. The molecule has 0 unspecified atom stereocenters. The van der Waals surface area contributed by atoms with Gasteiger partial charge in [0.15, 0.2) is 40.7 Å². The van der Waals surface area contributed by atoms with E-state index in [2.05, 4.69) is 356 Å². The molecule has 0 aliphatic heterocycles. The van der Waals surface area contributed by atoms with Crippen molar-refractivity contribution in [2.24, 2.45) is 0 Å². The Morgan fingerprint density at radius 2 is 0.445 bits per heavy atom. The van der Waals surface area contributed by atoms with E-state index < -0.39 is 85.6 Å². The molecule has 0 heterocycles. The van der Waals surface area contributed by atoms with Crippen molar-refractivity contribution >= 4 is 0 Å². The second-order valence-corrected chi connectivity index (χ2v) is 36.3. The van der Waals surface area contributed by atoms with Gasteiger partial charge in [-0.15, -0.1) is 0 Å². The van der Waals surface area contributed by atoms with Gasteiger partial charge in [-0.3, -0.25) is 0 Å². The lowest BCUT2D eigenvalue weighted by Crippen LogP contribution is -2.17. The molecule has 0 saturated carbocycles. The van der Waals surface area contributed by atoms with E-state index in [0.29, 0.717) is 23.7 Å². The van der Waals surface area contributed by atoms with Crippen molar-refractivity contribution in [1.29, 1.82) is 0 Å². The molecule has 0 atom stereocenters. The molecular weight excluding hydrogens is 1490 g/mol. The third-order valence-corrected chi connectivity index (χ3v) is 21.9. The van der Waals surface area contributed by atoms with Crippen LogP contribution in [0, 0.1) is 73.1 Å². The number of aryl methyl sites for hydroxylation is 1. The van der Waals surface area contributed by atoms with Crippen molar-refractivity contribution in [3.05, 3.63) is 356 Å². The van der Waals surface area contributed by atoms with E-state index in [1.807, 2.05) is 0 Å². The lowest BCUT2D eigenvalue weighted by molar-refractivity contribution is 0.381. The summed E-state index contributed by atoms with van der Waals surface area (Å²) in [6.07, 6.45) is 0. The van der Waals surface area contributed by atoms with Gasteiger partial charge in [-0.2, -0.15) is 0 Å². The Hall–Kier alpha value is -10.8. The summed E-state index contributed by atoms with van der Waals surface area (Å²) in [7, 11) is 0. The third-order valence-electron chi connectivity index (χ3n) is 21.9. The van der Waals surface area contributed by atoms with Crippen LogP contribution >= 0.6 is 0 Å². The summed E-state index contributed by atoms with van der Waals surface area (Å²) in [5.41, 5.74) is 26.0. The first-order valence-corrected chi connectivity index (χ1v) is 41.0. The Morgan fingerprint density at radius 1 is 0.202 bits per heavy atom. The highest BCUT2D eigenvalue weighted by atomic mass is 19.2. The molecule has 0 saturated heterocycles. The van der Waals surface area contributed by atoms with Crippen LogP contribution in [0.5, 0.6) is 0 Å². The zero-order valence-electron chi connectivity index (χ0n) is 72.8. The van der Waals surface area contributed by atoms with Crippen LogP contribution in [0.15, 0.2) is 243 Å². The smallest absolute Gasteiger partial charge is 0.200 e. The van der Waals surface area contributed by atoms with Crippen LogP contribution in [0.4, 0.5) is 39.5 Å². The molecule has 13 rings (SSSR count). The van der Waals surface area contributed by atoms with Crippen LogP contribution < -0.4 is 0 Å². The molecular formula is C110H117F9. The van der Waals surface area contributed by atoms with Crippen LogP contribution in [-0.4, -0.2) is 0 Å². The first kappa shape index (κ1) is 92.1. The predicted molar refractivity (Wildman–Crippen MR) is 486 cm³/mol. The summed E-state index contributed by atoms with van der Waals surface area (Å²) < 4.78 is 128. The maximum Gasteiger partial charge on any atom is 0.200 e. The van der Waals surface area contributed by atoms with Crippen molar-refractivity contribution < 1.29 is 39.5 Å². The van der Waals surface area contributed by atoms with Gasteiger partial charge in [0, 0.05) is 5.56 Å². The fraction of sp³-hybridized carbons (Fsp3) is 0.291. The van der Waals surface area contributed by atoms with Gasteiger partial charge in [0.05, 0.1) is 11.1 Å². The Bertz CT molecular complexity index is 5370. The molecule has 0 N–H and O–H groups in total. The van der Waals surface area contributed by atoms with Gasteiger partial charge < -0.3 is 0 Å². The number of benzene rings is 13. The quantitative estimate of drug-likeness (QED) is 0.0613. The van der Waals surface area contributed by atoms with Crippen molar-refractivity contribution in [3.8, 4) is 100 Å². The largest absolute Gasteiger partial charge is 0.206 e. The minimum absolute atomic E-state index is 0. The molecule has 13 aromatic carbocycles. The first-order chi connectivity index (χ1) is 55.5. The van der Waals surface area contributed by atoms with Crippen LogP contribution in [-0.2, 0) is 21.7 Å². The van der Waals surface area contributed by atoms with Gasteiger partial charge >= 0.3 is 0 Å². The lowest BCUT2D eigenvalue weighted by atomic mass is 9.72. The maximum atomic E-state index is 14.9. The summed E-state index contributed by atoms with van der Waals surface area (Å²) in [6, 6.07) is 84.9. The highest BCUT2D eigenvalue weighted by Crippen LogP contribution is 2.52. The van der Waals surface area contributed by atoms with Crippen molar-refractivity contribution in [1.82, 2.24) is 0 Å². The molecule has 0 radical (unpaired) electrons. The number of hydrogen-bond acceptors (Lipinski definition) is 0. The first-order valence-electron chi connectivity index (χ1n) is 41.0. The van der Waals surface area contributed by atoms with Crippen LogP contribution in [0.2, 0.25) is 0 Å². The van der Waals surface area contributed by atoms with Gasteiger partial charge in [0.1, 0.15) is 5.82 Å². The van der Waals surface area contributed by atoms with Crippen molar-refractivity contribution in [2.75, 3.05) is 0 Å². The van der Waals surface area contributed by atoms with Crippen LogP contribution in [0.1, 0.15) is 231 Å². The van der Waals surface area contributed by atoms with E-state index in [-0.39, 0.29) is 29.2 Å². The average Bonchev–Trinajstić information content (AvgIpc) is 0.749. The number of halogens is 9. The van der Waals surface area contributed by atoms with Gasteiger partial charge in [0.2, 0.25) is 5.82 Å². The second-order valence-electron chi connectivity index (χ2n) is 36.3. The highest BCUT2D eigenvalue weighted by Gasteiger charge is 2.36. The Labute approximate surface area is 703 Å². The molecule has 13 aromatic rings. The standard InChI is InChI=1S/C34H46.C29H28.C23H15F9.C23H24.CH4/c1-21(2)25-15-12-16-26(22(3)4)31(25)29-19-14-20-30(33(29)34(9,10)11)32-27(23(5)6)17-13-18-28(32)24(7)8;1-21-25(22-14-8-5-9-15-22)20-26(23-16-10-6-11-17-23)27(28(21)29(2,3)4)24-18-12-7-13-19-24;1-8-14(24)11(16(26)19(29)15(8)25)9-6-5-7-10(13(9)23(2,3)4)12-17(27)20(30)22(32)21(31)18(12)28;1-17-15-20(18-11-7-5-8-12-18)22(23(2,3)4)21(16-17)19-13-9-6-10-14-19;/h12-24H,1-11H3;5-20H,1-4H3;5-7H,1-4H3;5-16H,1-4H3;1H4. The topological polar surface area (TPSA) is 0 Å². The molecule has 0 aliphatic rings. The number of rotatable bonds is 13. The molecule has 119 heavy (non-hydrogen) atoms. The molecule has 0 aliphatic carbocycles. The normalized spacial score (nSPS) is 11.8. The van der Waals surface area contributed by atoms with E-state index in [0.717, 1.165) is 25.1 Å². The third kappa shape index (κ3) is 19.7. The van der Waals surface area contributed by atoms with Gasteiger partial charge in [-0.05, 0) is 217 Å². The van der Waals surface area contributed by atoms with E-state index in [1.165, 1.54) is 149 Å². The minimum atomic E-state index is -2.37. The zero-order valence-corrected chi connectivity index (χ0v) is 72.8. The summed E-state index contributed by atoms with van der Waals surface area (Å²) in [5, 5.41) is 0. The van der Waals surface area contributed by atoms with Crippen LogP contribution in [0.3, 0.4) is 0 Å². The van der Waals surface area contributed by atoms with Gasteiger partial charge in [0.25, 0.3) is 0 Å². The van der Waals surface area contributed by atoms with Gasteiger partial charge in [-0.25, -0.2) is 39.5 Å².